The van der Waals surface area contributed by atoms with Gasteiger partial charge in [0, 0.05) is 6.04 Å². The predicted molar refractivity (Wildman–Crippen MR) is 53.4 cm³/mol. The molecule has 0 amide bonds. The summed E-state index contributed by atoms with van der Waals surface area (Å²) in [6.07, 6.45) is 6.90. The van der Waals surface area contributed by atoms with Crippen LogP contribution in [-0.2, 0) is 0 Å². The molecule has 0 spiro atoms. The Hall–Kier alpha value is -0.0800. The third kappa shape index (κ3) is 4.07. The molecular formula is C10H22N2. The molecule has 72 valence electrons. The Bertz CT molecular complexity index is 106. The summed E-state index contributed by atoms with van der Waals surface area (Å²) in [7, 11) is 4.29. The van der Waals surface area contributed by atoms with Gasteiger partial charge in [-0.1, -0.05) is 6.42 Å². The van der Waals surface area contributed by atoms with Crippen molar-refractivity contribution in [3.63, 3.8) is 0 Å². The zero-order valence-corrected chi connectivity index (χ0v) is 8.47. The Morgan fingerprint density at radius 1 is 1.33 bits per heavy atom. The first-order valence-electron chi connectivity index (χ1n) is 5.17. The predicted octanol–water partition coefficient (Wildman–Crippen LogP) is 1.47. The summed E-state index contributed by atoms with van der Waals surface area (Å²) in [6, 6.07) is 0.818. The fourth-order valence-corrected chi connectivity index (χ4v) is 1.82. The van der Waals surface area contributed by atoms with Crippen molar-refractivity contribution in [1.82, 2.24) is 10.2 Å². The largest absolute Gasteiger partial charge is 0.314 e. The van der Waals surface area contributed by atoms with E-state index >= 15 is 0 Å². The maximum absolute atomic E-state index is 3.57. The quantitative estimate of drug-likeness (QED) is 0.687. The minimum atomic E-state index is 0.818. The summed E-state index contributed by atoms with van der Waals surface area (Å²) in [5.74, 6) is 0. The van der Waals surface area contributed by atoms with Crippen LogP contribution >= 0.6 is 0 Å². The van der Waals surface area contributed by atoms with Gasteiger partial charge in [-0.25, -0.2) is 0 Å². The van der Waals surface area contributed by atoms with E-state index in [-0.39, 0.29) is 0 Å². The van der Waals surface area contributed by atoms with E-state index in [0.717, 1.165) is 6.04 Å². The number of piperidine rings is 1. The lowest BCUT2D eigenvalue weighted by Gasteiger charge is -2.23. The molecule has 0 aromatic carbocycles. The van der Waals surface area contributed by atoms with Gasteiger partial charge >= 0.3 is 0 Å². The Kier molecular flexibility index (Phi) is 4.62. The Morgan fingerprint density at radius 2 is 2.17 bits per heavy atom. The summed E-state index contributed by atoms with van der Waals surface area (Å²) < 4.78 is 0. The molecule has 1 fully saturated rings. The highest BCUT2D eigenvalue weighted by Crippen LogP contribution is 2.11. The molecule has 0 radical (unpaired) electrons. The molecule has 12 heavy (non-hydrogen) atoms. The van der Waals surface area contributed by atoms with Crippen molar-refractivity contribution in [2.75, 3.05) is 27.2 Å². The van der Waals surface area contributed by atoms with Gasteiger partial charge in [-0.15, -0.1) is 0 Å². The van der Waals surface area contributed by atoms with Crippen LogP contribution in [0, 0.1) is 0 Å². The molecule has 1 rings (SSSR count). The van der Waals surface area contributed by atoms with E-state index in [1.807, 2.05) is 0 Å². The van der Waals surface area contributed by atoms with Crippen LogP contribution in [0.2, 0.25) is 0 Å². The molecule has 1 saturated heterocycles. The lowest BCUT2D eigenvalue weighted by molar-refractivity contribution is 0.339. The average molecular weight is 170 g/mol. The lowest BCUT2D eigenvalue weighted by atomic mass is 10.0. The molecular weight excluding hydrogens is 148 g/mol. The molecule has 1 N–H and O–H groups in total. The van der Waals surface area contributed by atoms with Crippen LogP contribution in [0.5, 0.6) is 0 Å². The molecule has 1 heterocycles. The first-order valence-corrected chi connectivity index (χ1v) is 5.17. The molecule has 1 unspecified atom stereocenters. The lowest BCUT2D eigenvalue weighted by Crippen LogP contribution is -2.34. The van der Waals surface area contributed by atoms with E-state index in [0.29, 0.717) is 0 Å². The number of hydrogen-bond acceptors (Lipinski definition) is 2. The van der Waals surface area contributed by atoms with Crippen molar-refractivity contribution in [3.8, 4) is 0 Å². The second kappa shape index (κ2) is 5.55. The highest BCUT2D eigenvalue weighted by molar-refractivity contribution is 4.71. The van der Waals surface area contributed by atoms with E-state index < -0.39 is 0 Å². The molecule has 0 saturated carbocycles. The SMILES string of the molecule is CN(C)CCCC1CCCCN1. The van der Waals surface area contributed by atoms with Crippen LogP contribution in [0.3, 0.4) is 0 Å². The first kappa shape index (κ1) is 10.0. The molecule has 1 aliphatic rings. The maximum Gasteiger partial charge on any atom is 0.00675 e. The molecule has 2 heteroatoms. The van der Waals surface area contributed by atoms with Gasteiger partial charge in [0.2, 0.25) is 0 Å². The molecule has 0 aromatic rings. The van der Waals surface area contributed by atoms with Crippen LogP contribution < -0.4 is 5.32 Å². The average Bonchev–Trinajstić information content (AvgIpc) is 2.05. The van der Waals surface area contributed by atoms with E-state index in [2.05, 4.69) is 24.3 Å². The van der Waals surface area contributed by atoms with Gasteiger partial charge in [0.1, 0.15) is 0 Å². The van der Waals surface area contributed by atoms with Crippen LogP contribution in [0.4, 0.5) is 0 Å². The van der Waals surface area contributed by atoms with Crippen molar-refractivity contribution in [1.29, 1.82) is 0 Å². The minimum Gasteiger partial charge on any atom is -0.314 e. The van der Waals surface area contributed by atoms with Crippen LogP contribution in [0.25, 0.3) is 0 Å². The number of rotatable bonds is 4. The van der Waals surface area contributed by atoms with E-state index in [4.69, 9.17) is 0 Å². The smallest absolute Gasteiger partial charge is 0.00675 e. The van der Waals surface area contributed by atoms with E-state index in [9.17, 15) is 0 Å². The van der Waals surface area contributed by atoms with Gasteiger partial charge < -0.3 is 10.2 Å². The second-order valence-corrected chi connectivity index (χ2v) is 4.09. The number of nitrogens with one attached hydrogen (secondary N) is 1. The molecule has 1 atom stereocenters. The van der Waals surface area contributed by atoms with Crippen LogP contribution in [0.1, 0.15) is 32.1 Å². The Morgan fingerprint density at radius 3 is 2.75 bits per heavy atom. The molecule has 1 aliphatic heterocycles. The van der Waals surface area contributed by atoms with Gasteiger partial charge in [-0.2, -0.15) is 0 Å². The summed E-state index contributed by atoms with van der Waals surface area (Å²) in [6.45, 7) is 2.48. The summed E-state index contributed by atoms with van der Waals surface area (Å²) >= 11 is 0. The highest BCUT2D eigenvalue weighted by Gasteiger charge is 2.11. The van der Waals surface area contributed by atoms with Crippen molar-refractivity contribution < 1.29 is 0 Å². The number of hydrogen-bond donors (Lipinski definition) is 1. The van der Waals surface area contributed by atoms with Crippen LogP contribution in [-0.4, -0.2) is 38.1 Å². The minimum absolute atomic E-state index is 0.818. The summed E-state index contributed by atoms with van der Waals surface area (Å²) in [5.41, 5.74) is 0. The van der Waals surface area contributed by atoms with Crippen molar-refractivity contribution in [2.45, 2.75) is 38.1 Å². The van der Waals surface area contributed by atoms with Gasteiger partial charge in [0.05, 0.1) is 0 Å². The molecule has 0 aliphatic carbocycles. The van der Waals surface area contributed by atoms with Gasteiger partial charge in [-0.3, -0.25) is 0 Å². The van der Waals surface area contributed by atoms with Crippen molar-refractivity contribution in [3.05, 3.63) is 0 Å². The third-order valence-electron chi connectivity index (χ3n) is 2.57. The summed E-state index contributed by atoms with van der Waals surface area (Å²) in [4.78, 5) is 2.27. The van der Waals surface area contributed by atoms with Gasteiger partial charge in [0.15, 0.2) is 0 Å². The summed E-state index contributed by atoms with van der Waals surface area (Å²) in [5, 5.41) is 3.57. The Balaban J connectivity index is 1.98. The van der Waals surface area contributed by atoms with Crippen LogP contribution in [0.15, 0.2) is 0 Å². The fourth-order valence-electron chi connectivity index (χ4n) is 1.82. The maximum atomic E-state index is 3.57. The molecule has 0 aromatic heterocycles. The number of nitrogens with zero attached hydrogens (tertiary/aromatic N) is 1. The third-order valence-corrected chi connectivity index (χ3v) is 2.57. The first-order chi connectivity index (χ1) is 5.79. The normalized spacial score (nSPS) is 24.8. The van der Waals surface area contributed by atoms with E-state index in [1.54, 1.807) is 0 Å². The standard InChI is InChI=1S/C10H22N2/c1-12(2)9-5-7-10-6-3-4-8-11-10/h10-11H,3-9H2,1-2H3. The highest BCUT2D eigenvalue weighted by atomic mass is 15.0. The van der Waals surface area contributed by atoms with Crippen molar-refractivity contribution >= 4 is 0 Å². The van der Waals surface area contributed by atoms with Gasteiger partial charge in [-0.05, 0) is 52.9 Å². The molecule has 2 nitrogen and oxygen atoms in total. The second-order valence-electron chi connectivity index (χ2n) is 4.09. The zero-order valence-electron chi connectivity index (χ0n) is 8.47. The van der Waals surface area contributed by atoms with Crippen molar-refractivity contribution in [2.24, 2.45) is 0 Å². The Labute approximate surface area is 76.3 Å². The fraction of sp³-hybridized carbons (Fsp3) is 1.00. The van der Waals surface area contributed by atoms with E-state index in [1.165, 1.54) is 45.2 Å². The zero-order chi connectivity index (χ0) is 8.81. The topological polar surface area (TPSA) is 15.3 Å². The van der Waals surface area contributed by atoms with Gasteiger partial charge in [0.25, 0.3) is 0 Å². The monoisotopic (exact) mass is 170 g/mol. The molecule has 0 bridgehead atoms.